The van der Waals surface area contributed by atoms with Gasteiger partial charge in [-0.25, -0.2) is 9.78 Å². The largest absolute Gasteiger partial charge is 0.492 e. The summed E-state index contributed by atoms with van der Waals surface area (Å²) in [5.74, 6) is 1.56. The predicted octanol–water partition coefficient (Wildman–Crippen LogP) is 5.23. The molecule has 0 fully saturated rings. The molecular formula is C25H28N4O3. The Hall–Kier alpha value is -3.74. The topological polar surface area (TPSA) is 88.3 Å². The fraction of sp³-hybridized carbons (Fsp3) is 0.280. The van der Waals surface area contributed by atoms with E-state index in [-0.39, 0.29) is 0 Å². The molecule has 1 amide bonds. The van der Waals surface area contributed by atoms with Crippen molar-refractivity contribution < 1.29 is 14.3 Å². The van der Waals surface area contributed by atoms with Crippen molar-refractivity contribution in [2.75, 3.05) is 18.5 Å². The first kappa shape index (κ1) is 21.5. The number of nitrogens with zero attached hydrogens (tertiary/aromatic N) is 1. The van der Waals surface area contributed by atoms with Crippen LogP contribution in [0.1, 0.15) is 26.3 Å². The molecule has 166 valence electrons. The summed E-state index contributed by atoms with van der Waals surface area (Å²) in [4.78, 5) is 19.6. The van der Waals surface area contributed by atoms with E-state index in [9.17, 15) is 4.79 Å². The second kappa shape index (κ2) is 9.18. The summed E-state index contributed by atoms with van der Waals surface area (Å²) in [7, 11) is 0. The highest BCUT2D eigenvalue weighted by molar-refractivity contribution is 6.07. The zero-order valence-electron chi connectivity index (χ0n) is 18.6. The molecule has 4 rings (SSSR count). The molecule has 0 radical (unpaired) electrons. The van der Waals surface area contributed by atoms with E-state index in [0.29, 0.717) is 19.7 Å². The number of nitrogens with one attached hydrogen (secondary N) is 3. The lowest BCUT2D eigenvalue weighted by atomic mass is 10.2. The van der Waals surface area contributed by atoms with Crippen LogP contribution in [0.2, 0.25) is 0 Å². The number of fused-ring (bicyclic) bond motifs is 3. The number of alkyl carbamates (subject to hydrolysis) is 1. The average molecular weight is 433 g/mol. The van der Waals surface area contributed by atoms with Crippen molar-refractivity contribution in [3.8, 4) is 5.75 Å². The number of hydrogen-bond donors (Lipinski definition) is 3. The molecule has 0 aliphatic rings. The van der Waals surface area contributed by atoms with Crippen LogP contribution in [0.3, 0.4) is 0 Å². The lowest BCUT2D eigenvalue weighted by molar-refractivity contribution is 0.0520. The molecule has 2 aromatic heterocycles. The van der Waals surface area contributed by atoms with Gasteiger partial charge in [0.25, 0.3) is 0 Å². The van der Waals surface area contributed by atoms with Crippen LogP contribution in [0.5, 0.6) is 5.75 Å². The van der Waals surface area contributed by atoms with Crippen LogP contribution in [0.15, 0.2) is 60.8 Å². The monoisotopic (exact) mass is 432 g/mol. The Morgan fingerprint density at radius 3 is 2.72 bits per heavy atom. The molecule has 0 spiro atoms. The highest BCUT2D eigenvalue weighted by atomic mass is 16.6. The van der Waals surface area contributed by atoms with Gasteiger partial charge in [0.1, 0.15) is 23.8 Å². The molecule has 4 aromatic rings. The Balaban J connectivity index is 1.31. The van der Waals surface area contributed by atoms with Crippen molar-refractivity contribution in [1.82, 2.24) is 15.3 Å². The van der Waals surface area contributed by atoms with Crippen molar-refractivity contribution in [3.05, 3.63) is 66.4 Å². The van der Waals surface area contributed by atoms with Crippen LogP contribution in [0, 0.1) is 0 Å². The second-order valence-corrected chi connectivity index (χ2v) is 8.56. The van der Waals surface area contributed by atoms with Gasteiger partial charge >= 0.3 is 6.09 Å². The van der Waals surface area contributed by atoms with Crippen LogP contribution in [-0.2, 0) is 11.3 Å². The van der Waals surface area contributed by atoms with Crippen LogP contribution in [-0.4, -0.2) is 34.8 Å². The Morgan fingerprint density at radius 2 is 1.88 bits per heavy atom. The van der Waals surface area contributed by atoms with E-state index in [2.05, 4.69) is 38.8 Å². The van der Waals surface area contributed by atoms with Crippen molar-refractivity contribution in [2.24, 2.45) is 0 Å². The molecule has 32 heavy (non-hydrogen) atoms. The molecule has 3 N–H and O–H groups in total. The van der Waals surface area contributed by atoms with Crippen molar-refractivity contribution in [3.63, 3.8) is 0 Å². The van der Waals surface area contributed by atoms with Gasteiger partial charge in [-0.3, -0.25) is 0 Å². The Morgan fingerprint density at radius 1 is 1.03 bits per heavy atom. The van der Waals surface area contributed by atoms with E-state index in [1.807, 2.05) is 63.4 Å². The lowest BCUT2D eigenvalue weighted by Crippen LogP contribution is -2.34. The molecule has 2 aromatic carbocycles. The summed E-state index contributed by atoms with van der Waals surface area (Å²) >= 11 is 0. The molecular weight excluding hydrogens is 404 g/mol. The minimum absolute atomic E-state index is 0.356. The number of ether oxygens (including phenoxy) is 2. The summed E-state index contributed by atoms with van der Waals surface area (Å²) in [5, 5.41) is 8.40. The van der Waals surface area contributed by atoms with Crippen molar-refractivity contribution in [2.45, 2.75) is 32.9 Å². The zero-order valence-corrected chi connectivity index (χ0v) is 18.6. The number of benzene rings is 2. The fourth-order valence-electron chi connectivity index (χ4n) is 3.42. The Bertz CT molecular complexity index is 1230. The van der Waals surface area contributed by atoms with Gasteiger partial charge in [-0.05, 0) is 50.6 Å². The number of H-pyrrole nitrogens is 1. The first-order valence-electron chi connectivity index (χ1n) is 10.7. The summed E-state index contributed by atoms with van der Waals surface area (Å²) in [6, 6.07) is 18.2. The Labute approximate surface area is 187 Å². The highest BCUT2D eigenvalue weighted by Gasteiger charge is 2.15. The number of aromatic nitrogens is 2. The van der Waals surface area contributed by atoms with Crippen LogP contribution in [0.4, 0.5) is 10.6 Å². The van der Waals surface area contributed by atoms with E-state index in [1.165, 1.54) is 5.39 Å². The number of amides is 1. The van der Waals surface area contributed by atoms with Gasteiger partial charge in [-0.2, -0.15) is 0 Å². The van der Waals surface area contributed by atoms with E-state index in [0.717, 1.165) is 33.6 Å². The normalized spacial score (nSPS) is 11.5. The summed E-state index contributed by atoms with van der Waals surface area (Å²) in [6.07, 6.45) is 1.41. The maximum absolute atomic E-state index is 11.7. The third kappa shape index (κ3) is 5.49. The van der Waals surface area contributed by atoms with Gasteiger partial charge in [0.15, 0.2) is 0 Å². The number of rotatable bonds is 7. The van der Waals surface area contributed by atoms with Crippen LogP contribution in [0.25, 0.3) is 21.8 Å². The van der Waals surface area contributed by atoms with Gasteiger partial charge in [-0.15, -0.1) is 0 Å². The molecule has 7 nitrogen and oxygen atoms in total. The molecule has 2 heterocycles. The first-order valence-corrected chi connectivity index (χ1v) is 10.7. The van der Waals surface area contributed by atoms with E-state index in [1.54, 1.807) is 0 Å². The number of aromatic amines is 1. The van der Waals surface area contributed by atoms with E-state index < -0.39 is 11.7 Å². The maximum atomic E-state index is 11.7. The molecule has 0 saturated heterocycles. The third-order valence-corrected chi connectivity index (χ3v) is 4.80. The van der Waals surface area contributed by atoms with Gasteiger partial charge in [0.2, 0.25) is 0 Å². The number of carbonyl (C=O) groups is 1. The summed E-state index contributed by atoms with van der Waals surface area (Å²) in [5.41, 5.74) is 2.68. The number of pyridine rings is 1. The molecule has 0 aliphatic heterocycles. The zero-order chi connectivity index (χ0) is 22.6. The third-order valence-electron chi connectivity index (χ3n) is 4.80. The van der Waals surface area contributed by atoms with Crippen molar-refractivity contribution >= 4 is 33.7 Å². The summed E-state index contributed by atoms with van der Waals surface area (Å²) in [6.45, 7) is 6.83. The predicted molar refractivity (Wildman–Crippen MR) is 127 cm³/mol. The molecule has 0 aliphatic carbocycles. The SMILES string of the molecule is CC(C)(C)OC(=O)NCCOc1cccc(CNc2cc3c(cn2)[nH]c2ccccc23)c1. The first-order chi connectivity index (χ1) is 15.4. The quantitative estimate of drug-likeness (QED) is 0.348. The molecule has 0 unspecified atom stereocenters. The number of hydrogen-bond acceptors (Lipinski definition) is 5. The minimum atomic E-state index is -0.514. The lowest BCUT2D eigenvalue weighted by Gasteiger charge is -2.19. The van der Waals surface area contributed by atoms with E-state index in [4.69, 9.17) is 9.47 Å². The van der Waals surface area contributed by atoms with Gasteiger partial charge in [-0.1, -0.05) is 30.3 Å². The highest BCUT2D eigenvalue weighted by Crippen LogP contribution is 2.26. The van der Waals surface area contributed by atoms with E-state index >= 15 is 0 Å². The van der Waals surface area contributed by atoms with Crippen molar-refractivity contribution in [1.29, 1.82) is 0 Å². The molecule has 0 atom stereocenters. The molecule has 0 saturated carbocycles. The summed E-state index contributed by atoms with van der Waals surface area (Å²) < 4.78 is 11.0. The molecule has 0 bridgehead atoms. The minimum Gasteiger partial charge on any atom is -0.492 e. The smallest absolute Gasteiger partial charge is 0.407 e. The van der Waals surface area contributed by atoms with Crippen LogP contribution < -0.4 is 15.4 Å². The van der Waals surface area contributed by atoms with Gasteiger partial charge in [0.05, 0.1) is 18.3 Å². The van der Waals surface area contributed by atoms with Crippen LogP contribution >= 0.6 is 0 Å². The average Bonchev–Trinajstić information content (AvgIpc) is 3.12. The molecule has 7 heteroatoms. The fourth-order valence-corrected chi connectivity index (χ4v) is 3.42. The Kier molecular flexibility index (Phi) is 6.16. The van der Waals surface area contributed by atoms with Gasteiger partial charge in [0, 0.05) is 22.8 Å². The number of anilines is 1. The standard InChI is InChI=1S/C25H28N4O3/c1-25(2,3)32-24(30)26-11-12-31-18-8-6-7-17(13-18)15-27-23-14-20-19-9-4-5-10-21(19)29-22(20)16-28-23/h4-10,13-14,16,29H,11-12,15H2,1-3H3,(H,26,30)(H,27,28). The maximum Gasteiger partial charge on any atom is 0.407 e. The number of para-hydroxylation sites is 1. The number of carbonyl (C=O) groups excluding carboxylic acids is 1. The second-order valence-electron chi connectivity index (χ2n) is 8.56. The van der Waals surface area contributed by atoms with Gasteiger partial charge < -0.3 is 25.1 Å².